The van der Waals surface area contributed by atoms with E-state index in [1.54, 1.807) is 0 Å². The molecule has 0 saturated carbocycles. The van der Waals surface area contributed by atoms with Gasteiger partial charge in [-0.05, 0) is 19.3 Å². The Morgan fingerprint density at radius 3 is 3.00 bits per heavy atom. The fourth-order valence-corrected chi connectivity index (χ4v) is 2.65. The number of halogens is 1. The van der Waals surface area contributed by atoms with Crippen LogP contribution in [0.15, 0.2) is 4.79 Å². The second kappa shape index (κ2) is 4.81. The van der Waals surface area contributed by atoms with Gasteiger partial charge in [-0.3, -0.25) is 4.79 Å². The molecule has 1 unspecified atom stereocenters. The zero-order chi connectivity index (χ0) is 14.3. The van der Waals surface area contributed by atoms with E-state index in [-0.39, 0.29) is 21.8 Å². The first kappa shape index (κ1) is 13.0. The van der Waals surface area contributed by atoms with Gasteiger partial charge in [-0.15, -0.1) is 5.10 Å². The molecule has 0 spiro atoms. The van der Waals surface area contributed by atoms with Crippen molar-refractivity contribution >= 4 is 28.5 Å². The molecule has 1 atom stereocenters. The van der Waals surface area contributed by atoms with Crippen LogP contribution < -0.4 is 11.3 Å². The van der Waals surface area contributed by atoms with Crippen molar-refractivity contribution in [2.75, 3.05) is 12.3 Å². The molecule has 0 radical (unpaired) electrons. The van der Waals surface area contributed by atoms with Crippen LogP contribution >= 0.6 is 11.6 Å². The molecule has 1 aliphatic heterocycles. The Kier molecular flexibility index (Phi) is 3.12. The summed E-state index contributed by atoms with van der Waals surface area (Å²) in [5, 5.41) is 13.5. The van der Waals surface area contributed by atoms with Gasteiger partial charge in [-0.25, -0.2) is 0 Å². The van der Waals surface area contributed by atoms with E-state index >= 15 is 0 Å². The molecule has 8 heteroatoms. The summed E-state index contributed by atoms with van der Waals surface area (Å²) in [7, 11) is 0. The third kappa shape index (κ3) is 1.85. The van der Waals surface area contributed by atoms with Crippen LogP contribution in [-0.2, 0) is 4.74 Å². The molecule has 0 amide bonds. The number of nitrogens with one attached hydrogen (secondary N) is 1. The molecule has 2 aromatic rings. The average Bonchev–Trinajstić information content (AvgIpc) is 2.79. The molecular formula is C12H12ClN5O2. The van der Waals surface area contributed by atoms with Gasteiger partial charge >= 0.3 is 0 Å². The quantitative estimate of drug-likeness (QED) is 0.828. The zero-order valence-electron chi connectivity index (χ0n) is 10.5. The van der Waals surface area contributed by atoms with Crippen LogP contribution in [0.3, 0.4) is 0 Å². The fraction of sp³-hybridized carbons (Fsp3) is 0.417. The summed E-state index contributed by atoms with van der Waals surface area (Å²) in [5.41, 5.74) is 5.68. The molecule has 0 bridgehead atoms. The van der Waals surface area contributed by atoms with Crippen molar-refractivity contribution in [1.82, 2.24) is 14.8 Å². The van der Waals surface area contributed by atoms with Crippen molar-refractivity contribution in [1.29, 1.82) is 5.26 Å². The monoisotopic (exact) mass is 293 g/mol. The normalized spacial score (nSPS) is 19.1. The molecule has 7 nitrogen and oxygen atoms in total. The minimum atomic E-state index is -0.471. The largest absolute Gasteiger partial charge is 0.384 e. The lowest BCUT2D eigenvalue weighted by atomic mass is 10.2. The zero-order valence-corrected chi connectivity index (χ0v) is 11.3. The van der Waals surface area contributed by atoms with Gasteiger partial charge in [0, 0.05) is 6.61 Å². The second-order valence-electron chi connectivity index (χ2n) is 4.63. The van der Waals surface area contributed by atoms with Gasteiger partial charge < -0.3 is 15.5 Å². The van der Waals surface area contributed by atoms with Gasteiger partial charge in [-0.1, -0.05) is 11.6 Å². The van der Waals surface area contributed by atoms with Crippen LogP contribution in [-0.4, -0.2) is 21.4 Å². The smallest absolute Gasteiger partial charge is 0.288 e. The summed E-state index contributed by atoms with van der Waals surface area (Å²) in [6.45, 7) is 0.588. The van der Waals surface area contributed by atoms with Crippen LogP contribution in [0.1, 0.15) is 31.1 Å². The highest BCUT2D eigenvalue weighted by molar-refractivity contribution is 6.35. The van der Waals surface area contributed by atoms with E-state index in [9.17, 15) is 4.79 Å². The van der Waals surface area contributed by atoms with E-state index in [2.05, 4.69) is 10.1 Å². The van der Waals surface area contributed by atoms with Gasteiger partial charge in [0.05, 0.1) is 5.39 Å². The first-order valence-electron chi connectivity index (χ1n) is 6.24. The predicted octanol–water partition coefficient (Wildman–Crippen LogP) is 1.53. The van der Waals surface area contributed by atoms with E-state index in [4.69, 9.17) is 27.3 Å². The van der Waals surface area contributed by atoms with Crippen molar-refractivity contribution in [2.45, 2.75) is 25.5 Å². The topological polar surface area (TPSA) is 110 Å². The summed E-state index contributed by atoms with van der Waals surface area (Å²) in [4.78, 5) is 15.1. The Balaban J connectivity index is 2.24. The number of aromatic amines is 1. The lowest BCUT2D eigenvalue weighted by Crippen LogP contribution is -2.31. The number of ether oxygens (including phenoxy) is 1. The Bertz CT molecular complexity index is 767. The number of hydrogen-bond acceptors (Lipinski definition) is 5. The molecule has 3 rings (SSSR count). The lowest BCUT2D eigenvalue weighted by molar-refractivity contribution is -0.0419. The van der Waals surface area contributed by atoms with Crippen molar-refractivity contribution in [3.63, 3.8) is 0 Å². The van der Waals surface area contributed by atoms with Gasteiger partial charge in [-0.2, -0.15) is 9.94 Å². The summed E-state index contributed by atoms with van der Waals surface area (Å²) in [5.74, 6) is 0.151. The molecule has 0 aliphatic carbocycles. The number of nitrogens with two attached hydrogens (primary N) is 1. The highest BCUT2D eigenvalue weighted by Gasteiger charge is 2.23. The number of anilines is 1. The molecule has 0 aromatic carbocycles. The van der Waals surface area contributed by atoms with E-state index in [0.29, 0.717) is 18.7 Å². The Hall–Kier alpha value is -2.04. The van der Waals surface area contributed by atoms with E-state index < -0.39 is 11.8 Å². The first-order chi connectivity index (χ1) is 9.63. The molecule has 3 heterocycles. The van der Waals surface area contributed by atoms with E-state index in [1.165, 1.54) is 4.68 Å². The van der Waals surface area contributed by atoms with Gasteiger partial charge in [0.15, 0.2) is 11.9 Å². The number of H-pyrrole nitrogens is 1. The van der Waals surface area contributed by atoms with Gasteiger partial charge in [0.2, 0.25) is 0 Å². The predicted molar refractivity (Wildman–Crippen MR) is 73.3 cm³/mol. The Morgan fingerprint density at radius 1 is 1.55 bits per heavy atom. The summed E-state index contributed by atoms with van der Waals surface area (Å²) >= 11 is 6.09. The second-order valence-corrected chi connectivity index (χ2v) is 5.01. The van der Waals surface area contributed by atoms with Crippen molar-refractivity contribution in [3.8, 4) is 6.07 Å². The fourth-order valence-electron chi connectivity index (χ4n) is 2.38. The van der Waals surface area contributed by atoms with Crippen LogP contribution in [0, 0.1) is 11.3 Å². The van der Waals surface area contributed by atoms with Crippen LogP contribution in [0.4, 0.5) is 5.82 Å². The van der Waals surface area contributed by atoms with Crippen LogP contribution in [0.25, 0.3) is 11.0 Å². The third-order valence-electron chi connectivity index (χ3n) is 3.37. The number of nitriles is 1. The molecule has 20 heavy (non-hydrogen) atoms. The van der Waals surface area contributed by atoms with Crippen LogP contribution in [0.2, 0.25) is 5.02 Å². The van der Waals surface area contributed by atoms with Gasteiger partial charge in [0.1, 0.15) is 22.5 Å². The number of nitrogen functional groups attached to an aromatic ring is 1. The highest BCUT2D eigenvalue weighted by Crippen LogP contribution is 2.28. The number of fused-ring (bicyclic) bond motifs is 1. The molecule has 104 valence electrons. The standard InChI is InChI=1S/C12H12ClN5O2/c13-9-8-6(5-14)10(15)16-11(8)17-18(12(9)19)7-3-1-2-4-20-7/h7H,1-4,15H2,(H,16,17). The van der Waals surface area contributed by atoms with Gasteiger partial charge in [0.25, 0.3) is 5.56 Å². The third-order valence-corrected chi connectivity index (χ3v) is 3.72. The maximum atomic E-state index is 12.3. The SMILES string of the molecule is N#Cc1c(N)[nH]c2nn(C3CCCCO3)c(=O)c(Cl)c12. The molecule has 1 fully saturated rings. The summed E-state index contributed by atoms with van der Waals surface area (Å²) in [6, 6.07) is 1.93. The van der Waals surface area contributed by atoms with Crippen LogP contribution in [0.5, 0.6) is 0 Å². The number of nitrogens with zero attached hydrogens (tertiary/aromatic N) is 3. The number of aromatic nitrogens is 3. The summed E-state index contributed by atoms with van der Waals surface area (Å²) in [6.07, 6.45) is 2.21. The highest BCUT2D eigenvalue weighted by atomic mass is 35.5. The van der Waals surface area contributed by atoms with E-state index in [1.807, 2.05) is 6.07 Å². The van der Waals surface area contributed by atoms with Crippen molar-refractivity contribution in [2.24, 2.45) is 0 Å². The molecule has 1 saturated heterocycles. The molecule has 1 aliphatic rings. The lowest BCUT2D eigenvalue weighted by Gasteiger charge is -2.23. The number of rotatable bonds is 1. The Labute approximate surface area is 118 Å². The minimum Gasteiger partial charge on any atom is -0.384 e. The van der Waals surface area contributed by atoms with E-state index in [0.717, 1.165) is 12.8 Å². The maximum Gasteiger partial charge on any atom is 0.288 e. The average molecular weight is 294 g/mol. The number of hydrogen-bond donors (Lipinski definition) is 2. The minimum absolute atomic E-state index is 0.0614. The Morgan fingerprint density at radius 2 is 2.35 bits per heavy atom. The molecule has 3 N–H and O–H groups in total. The molecule has 2 aromatic heterocycles. The summed E-state index contributed by atoms with van der Waals surface area (Å²) < 4.78 is 6.77. The van der Waals surface area contributed by atoms with Crippen molar-refractivity contribution in [3.05, 3.63) is 20.9 Å². The first-order valence-corrected chi connectivity index (χ1v) is 6.62. The van der Waals surface area contributed by atoms with Crippen molar-refractivity contribution < 1.29 is 4.74 Å². The molecular weight excluding hydrogens is 282 g/mol. The maximum absolute atomic E-state index is 12.3.